The lowest BCUT2D eigenvalue weighted by atomic mass is 10.3. The molecule has 0 saturated heterocycles. The van der Waals surface area contributed by atoms with Crippen molar-refractivity contribution in [2.24, 2.45) is 5.14 Å². The number of ether oxygens (including phenoxy) is 1. The first-order valence-electron chi connectivity index (χ1n) is 4.97. The third-order valence-electron chi connectivity index (χ3n) is 1.85. The lowest BCUT2D eigenvalue weighted by Crippen LogP contribution is -2.29. The van der Waals surface area contributed by atoms with E-state index in [0.717, 1.165) is 5.75 Å². The van der Waals surface area contributed by atoms with Crippen molar-refractivity contribution >= 4 is 10.0 Å². The van der Waals surface area contributed by atoms with Crippen LogP contribution in [0, 0.1) is 0 Å². The zero-order valence-electron chi connectivity index (χ0n) is 8.93. The molecule has 0 aliphatic heterocycles. The minimum Gasteiger partial charge on any atom is -0.492 e. The van der Waals surface area contributed by atoms with Crippen LogP contribution in [0.1, 0.15) is 0 Å². The van der Waals surface area contributed by atoms with Crippen LogP contribution in [0.5, 0.6) is 5.75 Å². The van der Waals surface area contributed by atoms with Crippen LogP contribution < -0.4 is 15.2 Å². The number of primary sulfonamides is 1. The Labute approximate surface area is 95.7 Å². The molecule has 0 aliphatic rings. The van der Waals surface area contributed by atoms with Gasteiger partial charge >= 0.3 is 0 Å². The van der Waals surface area contributed by atoms with Crippen LogP contribution in [0.2, 0.25) is 0 Å². The smallest absolute Gasteiger partial charge is 0.210 e. The molecular formula is C10H16N2O3S. The number of hydrogen-bond acceptors (Lipinski definition) is 4. The van der Waals surface area contributed by atoms with E-state index in [1.807, 2.05) is 30.3 Å². The highest BCUT2D eigenvalue weighted by Crippen LogP contribution is 2.07. The fourth-order valence-corrected chi connectivity index (χ4v) is 1.53. The van der Waals surface area contributed by atoms with Gasteiger partial charge in [-0.2, -0.15) is 0 Å². The molecule has 0 amide bonds. The van der Waals surface area contributed by atoms with Crippen LogP contribution in [-0.2, 0) is 10.0 Å². The Bertz CT molecular complexity index is 392. The van der Waals surface area contributed by atoms with Gasteiger partial charge in [0.2, 0.25) is 10.0 Å². The van der Waals surface area contributed by atoms with E-state index >= 15 is 0 Å². The minimum atomic E-state index is -3.37. The molecule has 0 heterocycles. The Balaban J connectivity index is 2.05. The van der Waals surface area contributed by atoms with Gasteiger partial charge in [-0.15, -0.1) is 0 Å². The molecule has 0 atom stereocenters. The zero-order valence-corrected chi connectivity index (χ0v) is 9.74. The highest BCUT2D eigenvalue weighted by atomic mass is 32.2. The molecule has 0 aliphatic carbocycles. The van der Waals surface area contributed by atoms with E-state index in [0.29, 0.717) is 19.7 Å². The summed E-state index contributed by atoms with van der Waals surface area (Å²) >= 11 is 0. The summed E-state index contributed by atoms with van der Waals surface area (Å²) in [5.74, 6) is 0.744. The molecule has 6 heteroatoms. The second kappa shape index (κ2) is 6.47. The highest BCUT2D eigenvalue weighted by Gasteiger charge is 2.00. The first-order valence-corrected chi connectivity index (χ1v) is 6.68. The monoisotopic (exact) mass is 244 g/mol. The summed E-state index contributed by atoms with van der Waals surface area (Å²) < 4.78 is 26.6. The number of benzene rings is 1. The van der Waals surface area contributed by atoms with Gasteiger partial charge in [-0.25, -0.2) is 13.6 Å². The van der Waals surface area contributed by atoms with Gasteiger partial charge in [-0.3, -0.25) is 0 Å². The van der Waals surface area contributed by atoms with E-state index in [1.165, 1.54) is 0 Å². The summed E-state index contributed by atoms with van der Waals surface area (Å²) in [5.41, 5.74) is 0. The lowest BCUT2D eigenvalue weighted by Gasteiger charge is -2.06. The normalized spacial score (nSPS) is 11.3. The van der Waals surface area contributed by atoms with Crippen molar-refractivity contribution < 1.29 is 13.2 Å². The number of hydrogen-bond donors (Lipinski definition) is 2. The van der Waals surface area contributed by atoms with Crippen molar-refractivity contribution in [1.29, 1.82) is 0 Å². The van der Waals surface area contributed by atoms with Gasteiger partial charge in [-0.1, -0.05) is 18.2 Å². The molecule has 0 spiro atoms. The summed E-state index contributed by atoms with van der Waals surface area (Å²) in [6.07, 6.45) is 0. The Morgan fingerprint density at radius 1 is 1.19 bits per heavy atom. The first-order chi connectivity index (χ1) is 7.58. The maximum absolute atomic E-state index is 10.6. The highest BCUT2D eigenvalue weighted by molar-refractivity contribution is 7.89. The van der Waals surface area contributed by atoms with Gasteiger partial charge in [0.05, 0.1) is 5.75 Å². The molecule has 1 aromatic rings. The molecule has 0 fully saturated rings. The Hall–Kier alpha value is -1.11. The summed E-state index contributed by atoms with van der Waals surface area (Å²) in [4.78, 5) is 0. The Kier molecular flexibility index (Phi) is 5.24. The maximum Gasteiger partial charge on any atom is 0.210 e. The van der Waals surface area contributed by atoms with Crippen LogP contribution in [0.4, 0.5) is 0 Å². The van der Waals surface area contributed by atoms with E-state index in [4.69, 9.17) is 9.88 Å². The van der Waals surface area contributed by atoms with Crippen LogP contribution in [0.25, 0.3) is 0 Å². The average molecular weight is 244 g/mol. The quantitative estimate of drug-likeness (QED) is 0.659. The van der Waals surface area contributed by atoms with Crippen molar-refractivity contribution in [3.05, 3.63) is 30.3 Å². The lowest BCUT2D eigenvalue weighted by molar-refractivity contribution is 0.315. The van der Waals surface area contributed by atoms with E-state index in [9.17, 15) is 8.42 Å². The predicted octanol–water partition coefficient (Wildman–Crippen LogP) is -0.0565. The summed E-state index contributed by atoms with van der Waals surface area (Å²) in [6.45, 7) is 1.43. The number of nitrogens with one attached hydrogen (secondary N) is 1. The van der Waals surface area contributed by atoms with Crippen LogP contribution in [-0.4, -0.2) is 33.9 Å². The van der Waals surface area contributed by atoms with Crippen molar-refractivity contribution in [3.63, 3.8) is 0 Å². The summed E-state index contributed by atoms with van der Waals surface area (Å²) in [5, 5.41) is 7.77. The molecule has 90 valence electrons. The van der Waals surface area contributed by atoms with Crippen molar-refractivity contribution in [2.45, 2.75) is 0 Å². The second-order valence-electron chi connectivity index (χ2n) is 3.28. The van der Waals surface area contributed by atoms with Crippen LogP contribution in [0.15, 0.2) is 30.3 Å². The number of para-hydroxylation sites is 1. The maximum atomic E-state index is 10.6. The fraction of sp³-hybridized carbons (Fsp3) is 0.400. The van der Waals surface area contributed by atoms with Gasteiger partial charge in [0.1, 0.15) is 12.4 Å². The molecule has 5 nitrogen and oxygen atoms in total. The van der Waals surface area contributed by atoms with E-state index in [1.54, 1.807) is 0 Å². The van der Waals surface area contributed by atoms with Crippen LogP contribution in [0.3, 0.4) is 0 Å². The molecule has 0 radical (unpaired) electrons. The molecule has 0 bridgehead atoms. The first kappa shape index (κ1) is 13.0. The SMILES string of the molecule is NS(=O)(=O)CCNCCOc1ccccc1. The van der Waals surface area contributed by atoms with Gasteiger partial charge in [0, 0.05) is 13.1 Å². The molecule has 16 heavy (non-hydrogen) atoms. The van der Waals surface area contributed by atoms with Crippen molar-refractivity contribution in [1.82, 2.24) is 5.32 Å². The standard InChI is InChI=1S/C10H16N2O3S/c11-16(13,14)9-7-12-6-8-15-10-4-2-1-3-5-10/h1-5,12H,6-9H2,(H2,11,13,14). The molecule has 1 aromatic carbocycles. The molecule has 0 saturated carbocycles. The fourth-order valence-electron chi connectivity index (χ4n) is 1.10. The average Bonchev–Trinajstić information content (AvgIpc) is 2.23. The van der Waals surface area contributed by atoms with Crippen LogP contribution >= 0.6 is 0 Å². The molecule has 0 aromatic heterocycles. The minimum absolute atomic E-state index is 0.0572. The molecule has 3 N–H and O–H groups in total. The van der Waals surface area contributed by atoms with Gasteiger partial charge in [-0.05, 0) is 12.1 Å². The third-order valence-corrected chi connectivity index (χ3v) is 2.63. The second-order valence-corrected chi connectivity index (χ2v) is 5.01. The topological polar surface area (TPSA) is 81.4 Å². The van der Waals surface area contributed by atoms with Crippen molar-refractivity contribution in [2.75, 3.05) is 25.4 Å². The molecule has 0 unspecified atom stereocenters. The molecular weight excluding hydrogens is 228 g/mol. The largest absolute Gasteiger partial charge is 0.492 e. The number of rotatable bonds is 7. The van der Waals surface area contributed by atoms with E-state index in [2.05, 4.69) is 5.32 Å². The molecule has 1 rings (SSSR count). The Morgan fingerprint density at radius 3 is 2.50 bits per heavy atom. The predicted molar refractivity (Wildman–Crippen MR) is 62.8 cm³/mol. The van der Waals surface area contributed by atoms with Gasteiger partial charge in [0.25, 0.3) is 0 Å². The van der Waals surface area contributed by atoms with E-state index in [-0.39, 0.29) is 5.75 Å². The van der Waals surface area contributed by atoms with Crippen molar-refractivity contribution in [3.8, 4) is 5.75 Å². The third kappa shape index (κ3) is 6.39. The Morgan fingerprint density at radius 2 is 1.88 bits per heavy atom. The summed E-state index contributed by atoms with van der Waals surface area (Å²) in [7, 11) is -3.37. The van der Waals surface area contributed by atoms with Gasteiger partial charge < -0.3 is 10.1 Å². The van der Waals surface area contributed by atoms with E-state index < -0.39 is 10.0 Å². The zero-order chi connectivity index (χ0) is 11.9. The van der Waals surface area contributed by atoms with Gasteiger partial charge in [0.15, 0.2) is 0 Å². The summed E-state index contributed by atoms with van der Waals surface area (Å²) in [6, 6.07) is 9.43. The number of sulfonamides is 1. The number of nitrogens with two attached hydrogens (primary N) is 1.